The van der Waals surface area contributed by atoms with E-state index in [1.807, 2.05) is 49.4 Å². The molecule has 0 atom stereocenters. The number of rotatable bonds is 5. The first-order valence-corrected chi connectivity index (χ1v) is 11.9. The summed E-state index contributed by atoms with van der Waals surface area (Å²) in [4.78, 5) is 31.0. The highest BCUT2D eigenvalue weighted by Gasteiger charge is 2.15. The predicted molar refractivity (Wildman–Crippen MR) is 146 cm³/mol. The van der Waals surface area contributed by atoms with Gasteiger partial charge in [0.25, 0.3) is 5.56 Å². The fourth-order valence-electron chi connectivity index (χ4n) is 3.86. The van der Waals surface area contributed by atoms with Crippen molar-refractivity contribution in [2.75, 3.05) is 17.6 Å². The van der Waals surface area contributed by atoms with Crippen LogP contribution in [-0.2, 0) is 6.42 Å². The van der Waals surface area contributed by atoms with Gasteiger partial charge in [0, 0.05) is 19.2 Å². The molecule has 0 aliphatic heterocycles. The van der Waals surface area contributed by atoms with Gasteiger partial charge in [0.1, 0.15) is 35.0 Å². The van der Waals surface area contributed by atoms with Crippen molar-refractivity contribution in [1.82, 2.24) is 24.5 Å². The van der Waals surface area contributed by atoms with E-state index in [0.717, 1.165) is 5.56 Å². The van der Waals surface area contributed by atoms with Crippen LogP contribution >= 0.6 is 11.6 Å². The van der Waals surface area contributed by atoms with Crippen LogP contribution in [0.2, 0.25) is 5.02 Å². The second-order valence-electron chi connectivity index (χ2n) is 8.27. The number of para-hydroxylation sites is 1. The average molecular weight is 508 g/mol. The van der Waals surface area contributed by atoms with E-state index < -0.39 is 0 Å². The largest absolute Gasteiger partial charge is 0.382 e. The van der Waals surface area contributed by atoms with Gasteiger partial charge in [0.05, 0.1) is 21.6 Å². The first-order valence-electron chi connectivity index (χ1n) is 11.6. The minimum Gasteiger partial charge on any atom is -0.382 e. The second-order valence-corrected chi connectivity index (χ2v) is 8.68. The highest BCUT2D eigenvalue weighted by atomic mass is 35.5. The third-order valence-electron chi connectivity index (χ3n) is 5.68. The van der Waals surface area contributed by atoms with Crippen molar-refractivity contribution in [3.63, 3.8) is 0 Å². The van der Waals surface area contributed by atoms with Gasteiger partial charge in [-0.2, -0.15) is 0 Å². The highest BCUT2D eigenvalue weighted by molar-refractivity contribution is 6.35. The van der Waals surface area contributed by atoms with Gasteiger partial charge in [-0.1, -0.05) is 47.9 Å². The summed E-state index contributed by atoms with van der Waals surface area (Å²) < 4.78 is 1.59. The molecule has 0 amide bonds. The Labute approximate surface area is 218 Å². The number of nitrogens with one attached hydrogen (secondary N) is 1. The zero-order chi connectivity index (χ0) is 25.8. The molecule has 0 fully saturated rings. The number of fused-ring (bicyclic) bond motifs is 1. The first kappa shape index (κ1) is 24.0. The Morgan fingerprint density at radius 3 is 2.62 bits per heavy atom. The monoisotopic (exact) mass is 507 g/mol. The average Bonchev–Trinajstić information content (AvgIpc) is 2.90. The van der Waals surface area contributed by atoms with Crippen LogP contribution in [0.1, 0.15) is 22.6 Å². The van der Waals surface area contributed by atoms with E-state index >= 15 is 0 Å². The quantitative estimate of drug-likeness (QED) is 0.343. The minimum atomic E-state index is -0.222. The molecule has 5 aromatic rings. The molecule has 8 nitrogen and oxygen atoms in total. The number of benzene rings is 2. The van der Waals surface area contributed by atoms with E-state index in [1.54, 1.807) is 29.0 Å². The third kappa shape index (κ3) is 5.13. The Kier molecular flexibility index (Phi) is 6.79. The van der Waals surface area contributed by atoms with Crippen LogP contribution in [0.25, 0.3) is 16.6 Å². The van der Waals surface area contributed by atoms with Gasteiger partial charge in [-0.15, -0.1) is 0 Å². The van der Waals surface area contributed by atoms with Crippen molar-refractivity contribution >= 4 is 34.1 Å². The van der Waals surface area contributed by atoms with Gasteiger partial charge in [-0.25, -0.2) is 19.9 Å². The SMILES string of the molecule is Cc1ccc(C#Cc2c(N)ncnc2NCCc2nc3cccc(Cl)c3c(=O)n2-c2ccccc2)nc1. The van der Waals surface area contributed by atoms with Gasteiger partial charge in [0.15, 0.2) is 0 Å². The molecule has 3 heterocycles. The standard InChI is InChI=1S/C28H22ClN7O/c1-18-10-11-19(32-16-18)12-13-21-26(30)33-17-34-27(21)31-15-14-24-35-23-9-5-8-22(29)25(23)28(37)36(24)20-6-3-2-4-7-20/h2-11,16-17H,14-15H2,1H3,(H3,30,31,33,34). The van der Waals surface area contributed by atoms with Gasteiger partial charge >= 0.3 is 0 Å². The van der Waals surface area contributed by atoms with Crippen LogP contribution in [0.5, 0.6) is 0 Å². The maximum absolute atomic E-state index is 13.5. The van der Waals surface area contributed by atoms with Gasteiger partial charge in [0.2, 0.25) is 0 Å². The smallest absolute Gasteiger partial charge is 0.267 e. The molecule has 2 aromatic carbocycles. The van der Waals surface area contributed by atoms with E-state index in [1.165, 1.54) is 6.33 Å². The molecule has 182 valence electrons. The number of nitrogens with zero attached hydrogens (tertiary/aromatic N) is 5. The fourth-order valence-corrected chi connectivity index (χ4v) is 4.11. The van der Waals surface area contributed by atoms with Crippen LogP contribution in [0.15, 0.2) is 78.0 Å². The van der Waals surface area contributed by atoms with Crippen molar-refractivity contribution in [3.05, 3.63) is 111 Å². The normalized spacial score (nSPS) is 10.6. The molecule has 0 saturated heterocycles. The lowest BCUT2D eigenvalue weighted by Gasteiger charge is -2.15. The van der Waals surface area contributed by atoms with Crippen molar-refractivity contribution in [3.8, 4) is 17.5 Å². The number of pyridine rings is 1. The maximum atomic E-state index is 13.5. The Morgan fingerprint density at radius 2 is 1.84 bits per heavy atom. The van der Waals surface area contributed by atoms with Crippen LogP contribution in [0, 0.1) is 18.8 Å². The summed E-state index contributed by atoms with van der Waals surface area (Å²) in [5, 5.41) is 4.02. The molecular formula is C28H22ClN7O. The Morgan fingerprint density at radius 1 is 1.00 bits per heavy atom. The first-order chi connectivity index (χ1) is 18.0. The van der Waals surface area contributed by atoms with Crippen molar-refractivity contribution in [2.24, 2.45) is 0 Å². The third-order valence-corrected chi connectivity index (χ3v) is 5.99. The lowest BCUT2D eigenvalue weighted by molar-refractivity contribution is 0.809. The molecule has 9 heteroatoms. The summed E-state index contributed by atoms with van der Waals surface area (Å²) in [6.07, 6.45) is 3.55. The predicted octanol–water partition coefficient (Wildman–Crippen LogP) is 4.17. The number of anilines is 2. The Bertz CT molecular complexity index is 1710. The van der Waals surface area contributed by atoms with E-state index in [0.29, 0.717) is 57.5 Å². The summed E-state index contributed by atoms with van der Waals surface area (Å²) in [6, 6.07) is 18.4. The number of aromatic nitrogens is 5. The van der Waals surface area contributed by atoms with Gasteiger partial charge < -0.3 is 11.1 Å². The molecule has 0 bridgehead atoms. The number of aryl methyl sites for hydroxylation is 1. The van der Waals surface area contributed by atoms with Crippen LogP contribution in [0.4, 0.5) is 11.6 Å². The lowest BCUT2D eigenvalue weighted by atomic mass is 10.2. The molecule has 0 aliphatic rings. The highest BCUT2D eigenvalue weighted by Crippen LogP contribution is 2.21. The van der Waals surface area contributed by atoms with Crippen LogP contribution in [-0.4, -0.2) is 31.0 Å². The van der Waals surface area contributed by atoms with Gasteiger partial charge in [-0.05, 0) is 48.7 Å². The summed E-state index contributed by atoms with van der Waals surface area (Å²) in [5.74, 6) is 7.37. The van der Waals surface area contributed by atoms with E-state index in [4.69, 9.17) is 22.3 Å². The molecule has 3 N–H and O–H groups in total. The van der Waals surface area contributed by atoms with E-state index in [-0.39, 0.29) is 11.4 Å². The summed E-state index contributed by atoms with van der Waals surface area (Å²) in [5.41, 5.74) is 9.28. The molecule has 0 radical (unpaired) electrons. The van der Waals surface area contributed by atoms with E-state index in [9.17, 15) is 4.79 Å². The van der Waals surface area contributed by atoms with Crippen molar-refractivity contribution in [2.45, 2.75) is 13.3 Å². The van der Waals surface area contributed by atoms with Crippen LogP contribution in [0.3, 0.4) is 0 Å². The number of nitrogen functional groups attached to an aromatic ring is 1. The topological polar surface area (TPSA) is 112 Å². The molecule has 0 spiro atoms. The Hall–Kier alpha value is -4.74. The van der Waals surface area contributed by atoms with Gasteiger partial charge in [-0.3, -0.25) is 9.36 Å². The molecule has 0 unspecified atom stereocenters. The zero-order valence-electron chi connectivity index (χ0n) is 19.9. The second kappa shape index (κ2) is 10.5. The van der Waals surface area contributed by atoms with Crippen molar-refractivity contribution in [1.29, 1.82) is 0 Å². The number of nitrogens with two attached hydrogens (primary N) is 1. The minimum absolute atomic E-state index is 0.222. The molecule has 3 aromatic heterocycles. The summed E-state index contributed by atoms with van der Waals surface area (Å²) in [7, 11) is 0. The van der Waals surface area contributed by atoms with E-state index in [2.05, 4.69) is 32.1 Å². The Balaban J connectivity index is 1.46. The number of hydrogen-bond acceptors (Lipinski definition) is 7. The zero-order valence-corrected chi connectivity index (χ0v) is 20.7. The summed E-state index contributed by atoms with van der Waals surface area (Å²) >= 11 is 6.36. The molecule has 0 saturated carbocycles. The molecule has 0 aliphatic carbocycles. The molecule has 5 rings (SSSR count). The molecular weight excluding hydrogens is 486 g/mol. The lowest BCUT2D eigenvalue weighted by Crippen LogP contribution is -2.25. The number of halogens is 1. The van der Waals surface area contributed by atoms with Crippen LogP contribution < -0.4 is 16.6 Å². The maximum Gasteiger partial charge on any atom is 0.267 e. The fraction of sp³-hybridized carbons (Fsp3) is 0.107. The number of hydrogen-bond donors (Lipinski definition) is 2. The van der Waals surface area contributed by atoms with Crippen molar-refractivity contribution < 1.29 is 0 Å². The molecule has 37 heavy (non-hydrogen) atoms. The summed E-state index contributed by atoms with van der Waals surface area (Å²) in [6.45, 7) is 2.38.